The molecular weight excluding hydrogens is 280 g/mol. The predicted octanol–water partition coefficient (Wildman–Crippen LogP) is 2.43. The topological polar surface area (TPSA) is 70.1 Å². The van der Waals surface area contributed by atoms with E-state index < -0.39 is 17.6 Å². The van der Waals surface area contributed by atoms with E-state index in [2.05, 4.69) is 5.10 Å². The Morgan fingerprint density at radius 2 is 1.95 bits per heavy atom. The molecule has 0 spiro atoms. The van der Waals surface area contributed by atoms with Crippen LogP contribution in [0.4, 0.5) is 14.5 Å². The van der Waals surface area contributed by atoms with Gasteiger partial charge < -0.3 is 10.5 Å². The molecule has 0 amide bonds. The third-order valence-corrected chi connectivity index (χ3v) is 2.96. The van der Waals surface area contributed by atoms with Gasteiger partial charge in [-0.15, -0.1) is 0 Å². The minimum absolute atomic E-state index is 0.145. The van der Waals surface area contributed by atoms with E-state index >= 15 is 0 Å². The largest absolute Gasteiger partial charge is 0.456 e. The number of esters is 1. The van der Waals surface area contributed by atoms with Gasteiger partial charge in [0.1, 0.15) is 18.2 Å². The zero-order valence-electron chi connectivity index (χ0n) is 11.7. The number of benzene rings is 1. The van der Waals surface area contributed by atoms with Gasteiger partial charge in [-0.1, -0.05) is 0 Å². The molecule has 7 heteroatoms. The van der Waals surface area contributed by atoms with Crippen LogP contribution in [0.2, 0.25) is 0 Å². The maximum absolute atomic E-state index is 13.0. The summed E-state index contributed by atoms with van der Waals surface area (Å²) >= 11 is 0. The van der Waals surface area contributed by atoms with E-state index in [0.29, 0.717) is 12.2 Å². The van der Waals surface area contributed by atoms with Gasteiger partial charge in [0.05, 0.1) is 11.4 Å². The molecule has 2 aromatic rings. The van der Waals surface area contributed by atoms with Crippen molar-refractivity contribution < 1.29 is 18.3 Å². The molecule has 0 fully saturated rings. The molecule has 5 nitrogen and oxygen atoms in total. The van der Waals surface area contributed by atoms with Gasteiger partial charge in [-0.2, -0.15) is 5.10 Å². The summed E-state index contributed by atoms with van der Waals surface area (Å²) in [6, 6.07) is 2.95. The Morgan fingerprint density at radius 1 is 1.33 bits per heavy atom. The Bertz CT molecular complexity index is 663. The van der Waals surface area contributed by atoms with Crippen LogP contribution in [0.15, 0.2) is 18.2 Å². The first kappa shape index (κ1) is 15.0. The van der Waals surface area contributed by atoms with Gasteiger partial charge in [0.25, 0.3) is 0 Å². The van der Waals surface area contributed by atoms with Crippen LogP contribution in [0.3, 0.4) is 0 Å². The number of aryl methyl sites for hydroxylation is 2. The number of anilines is 1. The number of nitrogens with two attached hydrogens (primary N) is 1. The second-order valence-corrected chi connectivity index (χ2v) is 4.52. The Morgan fingerprint density at radius 3 is 2.52 bits per heavy atom. The average Bonchev–Trinajstić information content (AvgIpc) is 2.70. The standard InChI is InChI=1S/C14H15F2N3O2/c1-3-19-13(12(17)8(2)18-19)14(20)21-7-9-4-10(15)6-11(16)5-9/h4-6H,3,7,17H2,1-2H3. The molecule has 21 heavy (non-hydrogen) atoms. The van der Waals surface area contributed by atoms with Gasteiger partial charge in [0, 0.05) is 12.6 Å². The number of aromatic nitrogens is 2. The lowest BCUT2D eigenvalue weighted by Gasteiger charge is -2.07. The van der Waals surface area contributed by atoms with Gasteiger partial charge in [0.15, 0.2) is 5.69 Å². The first-order valence-corrected chi connectivity index (χ1v) is 6.37. The lowest BCUT2D eigenvalue weighted by atomic mass is 10.2. The van der Waals surface area contributed by atoms with Crippen molar-refractivity contribution in [2.75, 3.05) is 5.73 Å². The molecule has 2 rings (SSSR count). The van der Waals surface area contributed by atoms with E-state index in [4.69, 9.17) is 10.5 Å². The molecule has 0 saturated carbocycles. The Labute approximate surface area is 120 Å². The number of hydrogen-bond donors (Lipinski definition) is 1. The minimum atomic E-state index is -0.727. The molecule has 112 valence electrons. The van der Waals surface area contributed by atoms with Crippen molar-refractivity contribution in [1.82, 2.24) is 9.78 Å². The molecule has 2 N–H and O–H groups in total. The molecule has 0 unspecified atom stereocenters. The highest BCUT2D eigenvalue weighted by Gasteiger charge is 2.20. The SMILES string of the molecule is CCn1nc(C)c(N)c1C(=O)OCc1cc(F)cc(F)c1. The van der Waals surface area contributed by atoms with Crippen molar-refractivity contribution >= 4 is 11.7 Å². The first-order chi connectivity index (χ1) is 9.92. The molecule has 1 aromatic heterocycles. The van der Waals surface area contributed by atoms with Gasteiger partial charge in [0.2, 0.25) is 0 Å². The summed E-state index contributed by atoms with van der Waals surface area (Å²) in [6.45, 7) is 3.70. The minimum Gasteiger partial charge on any atom is -0.456 e. The fourth-order valence-corrected chi connectivity index (χ4v) is 1.95. The molecule has 0 saturated heterocycles. The van der Waals surface area contributed by atoms with E-state index in [1.807, 2.05) is 6.92 Å². The highest BCUT2D eigenvalue weighted by molar-refractivity contribution is 5.93. The number of ether oxygens (including phenoxy) is 1. The molecule has 1 aromatic carbocycles. The third-order valence-electron chi connectivity index (χ3n) is 2.96. The van der Waals surface area contributed by atoms with Gasteiger partial charge >= 0.3 is 5.97 Å². The lowest BCUT2D eigenvalue weighted by Crippen LogP contribution is -2.14. The average molecular weight is 295 g/mol. The van der Waals surface area contributed by atoms with Crippen LogP contribution in [-0.4, -0.2) is 15.7 Å². The van der Waals surface area contributed by atoms with Crippen LogP contribution in [0.5, 0.6) is 0 Å². The van der Waals surface area contributed by atoms with Crippen molar-refractivity contribution in [3.63, 3.8) is 0 Å². The van der Waals surface area contributed by atoms with Crippen LogP contribution in [-0.2, 0) is 17.9 Å². The highest BCUT2D eigenvalue weighted by atomic mass is 19.1. The maximum atomic E-state index is 13.0. The summed E-state index contributed by atoms with van der Waals surface area (Å²) in [4.78, 5) is 12.1. The Kier molecular flexibility index (Phi) is 4.21. The molecule has 0 aliphatic rings. The number of nitrogen functional groups attached to an aromatic ring is 1. The summed E-state index contributed by atoms with van der Waals surface area (Å²) in [5, 5.41) is 4.10. The summed E-state index contributed by atoms with van der Waals surface area (Å²) in [5.41, 5.74) is 6.93. The van der Waals surface area contributed by atoms with E-state index in [-0.39, 0.29) is 23.6 Å². The molecule has 1 heterocycles. The van der Waals surface area contributed by atoms with E-state index in [9.17, 15) is 13.6 Å². The van der Waals surface area contributed by atoms with Crippen LogP contribution >= 0.6 is 0 Å². The van der Waals surface area contributed by atoms with Crippen LogP contribution in [0.25, 0.3) is 0 Å². The monoisotopic (exact) mass is 295 g/mol. The van der Waals surface area contributed by atoms with Crippen LogP contribution < -0.4 is 5.73 Å². The highest BCUT2D eigenvalue weighted by Crippen LogP contribution is 2.18. The number of carbonyl (C=O) groups excluding carboxylic acids is 1. The molecule has 0 radical (unpaired) electrons. The van der Waals surface area contributed by atoms with Crippen molar-refractivity contribution in [2.24, 2.45) is 0 Å². The van der Waals surface area contributed by atoms with Gasteiger partial charge in [-0.05, 0) is 31.5 Å². The molecule has 0 aliphatic carbocycles. The fraction of sp³-hybridized carbons (Fsp3) is 0.286. The summed E-state index contributed by atoms with van der Waals surface area (Å²) in [5.74, 6) is -2.13. The van der Waals surface area contributed by atoms with E-state index in [0.717, 1.165) is 18.2 Å². The number of halogens is 2. The number of hydrogen-bond acceptors (Lipinski definition) is 4. The lowest BCUT2D eigenvalue weighted by molar-refractivity contribution is 0.0459. The Hall–Kier alpha value is -2.44. The molecular formula is C14H15F2N3O2. The van der Waals surface area contributed by atoms with Crippen molar-refractivity contribution in [3.8, 4) is 0 Å². The van der Waals surface area contributed by atoms with Crippen molar-refractivity contribution in [3.05, 3.63) is 46.8 Å². The number of rotatable bonds is 4. The maximum Gasteiger partial charge on any atom is 0.359 e. The number of carbonyl (C=O) groups is 1. The first-order valence-electron chi connectivity index (χ1n) is 6.37. The predicted molar refractivity (Wildman–Crippen MR) is 72.5 cm³/mol. The van der Waals surface area contributed by atoms with Crippen LogP contribution in [0.1, 0.15) is 28.7 Å². The molecule has 0 bridgehead atoms. The van der Waals surface area contributed by atoms with Crippen molar-refractivity contribution in [2.45, 2.75) is 27.0 Å². The zero-order valence-corrected chi connectivity index (χ0v) is 11.7. The smallest absolute Gasteiger partial charge is 0.359 e. The summed E-state index contributed by atoms with van der Waals surface area (Å²) in [7, 11) is 0. The zero-order chi connectivity index (χ0) is 15.6. The second-order valence-electron chi connectivity index (χ2n) is 4.52. The molecule has 0 atom stereocenters. The Balaban J connectivity index is 2.15. The quantitative estimate of drug-likeness (QED) is 0.879. The molecule has 0 aliphatic heterocycles. The van der Waals surface area contributed by atoms with Crippen molar-refractivity contribution in [1.29, 1.82) is 0 Å². The van der Waals surface area contributed by atoms with Gasteiger partial charge in [-0.25, -0.2) is 13.6 Å². The summed E-state index contributed by atoms with van der Waals surface area (Å²) in [6.07, 6.45) is 0. The third kappa shape index (κ3) is 3.18. The second kappa shape index (κ2) is 5.90. The number of nitrogens with zero attached hydrogens (tertiary/aromatic N) is 2. The van der Waals surface area contributed by atoms with E-state index in [1.54, 1.807) is 6.92 Å². The van der Waals surface area contributed by atoms with Crippen LogP contribution in [0, 0.1) is 18.6 Å². The summed E-state index contributed by atoms with van der Waals surface area (Å²) < 4.78 is 32.6. The van der Waals surface area contributed by atoms with Gasteiger partial charge in [-0.3, -0.25) is 4.68 Å². The normalized spacial score (nSPS) is 10.7. The van der Waals surface area contributed by atoms with E-state index in [1.165, 1.54) is 4.68 Å². The fourth-order valence-electron chi connectivity index (χ4n) is 1.95.